The molecule has 0 bridgehead atoms. The van der Waals surface area contributed by atoms with Crippen molar-refractivity contribution in [3.63, 3.8) is 0 Å². The Balaban J connectivity index is 1.68. The summed E-state index contributed by atoms with van der Waals surface area (Å²) in [7, 11) is 0. The van der Waals surface area contributed by atoms with Gasteiger partial charge in [0.15, 0.2) is 0 Å². The molecule has 2 nitrogen and oxygen atoms in total. The largest absolute Gasteiger partial charge is 0.494 e. The number of alkyl halides is 3. The molecule has 0 amide bonds. The van der Waals surface area contributed by atoms with Gasteiger partial charge in [0.1, 0.15) is 5.75 Å². The van der Waals surface area contributed by atoms with E-state index in [2.05, 4.69) is 5.32 Å². The Hall–Kier alpha value is -1.23. The van der Waals surface area contributed by atoms with Crippen LogP contribution in [0.4, 0.5) is 13.2 Å². The molecule has 1 aromatic rings. The van der Waals surface area contributed by atoms with Crippen molar-refractivity contribution in [2.75, 3.05) is 13.2 Å². The summed E-state index contributed by atoms with van der Waals surface area (Å²) in [5, 5.41) is 3.44. The van der Waals surface area contributed by atoms with E-state index in [4.69, 9.17) is 4.74 Å². The summed E-state index contributed by atoms with van der Waals surface area (Å²) in [5.74, 6) is 0.278. The maximum absolute atomic E-state index is 12.5. The Morgan fingerprint density at radius 1 is 1.20 bits per heavy atom. The van der Waals surface area contributed by atoms with Crippen molar-refractivity contribution in [2.24, 2.45) is 0 Å². The highest BCUT2D eigenvalue weighted by Gasteiger charge is 2.30. The van der Waals surface area contributed by atoms with E-state index in [1.807, 2.05) is 0 Å². The molecule has 0 aromatic heterocycles. The zero-order valence-electron chi connectivity index (χ0n) is 11.4. The highest BCUT2D eigenvalue weighted by Crippen LogP contribution is 2.31. The van der Waals surface area contributed by atoms with Gasteiger partial charge in [-0.1, -0.05) is 18.9 Å². The minimum atomic E-state index is -4.32. The molecule has 5 heteroatoms. The fourth-order valence-electron chi connectivity index (χ4n) is 2.46. The van der Waals surface area contributed by atoms with Crippen molar-refractivity contribution in [3.8, 4) is 5.75 Å². The van der Waals surface area contributed by atoms with Crippen LogP contribution in [0.5, 0.6) is 5.75 Å². The third-order valence-corrected chi connectivity index (χ3v) is 3.54. The number of hydrogen-bond acceptors (Lipinski definition) is 2. The van der Waals surface area contributed by atoms with Gasteiger partial charge in [0.05, 0.1) is 12.2 Å². The van der Waals surface area contributed by atoms with Crippen molar-refractivity contribution in [3.05, 3.63) is 29.8 Å². The summed E-state index contributed by atoms with van der Waals surface area (Å²) in [4.78, 5) is 0. The molecule has 20 heavy (non-hydrogen) atoms. The number of hydrogen-bond donors (Lipinski definition) is 1. The lowest BCUT2D eigenvalue weighted by atomic mass is 10.2. The number of rotatable bonds is 6. The summed E-state index contributed by atoms with van der Waals surface area (Å²) < 4.78 is 42.9. The van der Waals surface area contributed by atoms with Crippen LogP contribution in [0.3, 0.4) is 0 Å². The molecule has 0 unspecified atom stereocenters. The quantitative estimate of drug-likeness (QED) is 0.798. The van der Waals surface area contributed by atoms with Gasteiger partial charge in [0, 0.05) is 6.04 Å². The Morgan fingerprint density at radius 2 is 1.95 bits per heavy atom. The summed E-state index contributed by atoms with van der Waals surface area (Å²) in [6.07, 6.45) is 1.52. The minimum Gasteiger partial charge on any atom is -0.494 e. The lowest BCUT2D eigenvalue weighted by Crippen LogP contribution is -2.27. The standard InChI is InChI=1S/C15H20F3NO/c16-15(17,18)12-5-3-8-14(11-12)20-10-4-9-19-13-6-1-2-7-13/h3,5,8,11,13,19H,1-2,4,6-7,9-10H2. The topological polar surface area (TPSA) is 21.3 Å². The molecule has 0 spiro atoms. The number of ether oxygens (including phenoxy) is 1. The molecular weight excluding hydrogens is 267 g/mol. The predicted octanol–water partition coefficient (Wildman–Crippen LogP) is 4.01. The Kier molecular flexibility index (Phi) is 5.29. The van der Waals surface area contributed by atoms with Crippen LogP contribution in [0.25, 0.3) is 0 Å². The predicted molar refractivity (Wildman–Crippen MR) is 71.8 cm³/mol. The Labute approximate surface area is 117 Å². The molecule has 1 fully saturated rings. The van der Waals surface area contributed by atoms with Crippen molar-refractivity contribution in [2.45, 2.75) is 44.3 Å². The van der Waals surface area contributed by atoms with Gasteiger partial charge in [-0.15, -0.1) is 0 Å². The van der Waals surface area contributed by atoms with Crippen LogP contribution in [0.2, 0.25) is 0 Å². The average Bonchev–Trinajstić information content (AvgIpc) is 2.91. The van der Waals surface area contributed by atoms with E-state index < -0.39 is 11.7 Å². The molecule has 0 aliphatic heterocycles. The third kappa shape index (κ3) is 4.71. The minimum absolute atomic E-state index is 0.278. The van der Waals surface area contributed by atoms with Gasteiger partial charge in [0.25, 0.3) is 0 Å². The van der Waals surface area contributed by atoms with E-state index in [-0.39, 0.29) is 5.75 Å². The molecule has 2 rings (SSSR count). The van der Waals surface area contributed by atoms with Crippen molar-refractivity contribution >= 4 is 0 Å². The zero-order chi connectivity index (χ0) is 14.4. The van der Waals surface area contributed by atoms with Gasteiger partial charge in [0.2, 0.25) is 0 Å². The van der Waals surface area contributed by atoms with Crippen molar-refractivity contribution in [1.82, 2.24) is 5.32 Å². The molecule has 0 atom stereocenters. The van der Waals surface area contributed by atoms with E-state index in [0.717, 1.165) is 25.1 Å². The van der Waals surface area contributed by atoms with Crippen molar-refractivity contribution < 1.29 is 17.9 Å². The molecular formula is C15H20F3NO. The SMILES string of the molecule is FC(F)(F)c1cccc(OCCCNC2CCCC2)c1. The third-order valence-electron chi connectivity index (χ3n) is 3.54. The fraction of sp³-hybridized carbons (Fsp3) is 0.600. The highest BCUT2D eigenvalue weighted by atomic mass is 19.4. The monoisotopic (exact) mass is 287 g/mol. The smallest absolute Gasteiger partial charge is 0.416 e. The molecule has 1 aliphatic rings. The molecule has 1 aliphatic carbocycles. The first-order chi connectivity index (χ1) is 9.55. The molecule has 1 saturated carbocycles. The summed E-state index contributed by atoms with van der Waals surface area (Å²) in [6.45, 7) is 1.28. The van der Waals surface area contributed by atoms with Crippen LogP contribution in [-0.4, -0.2) is 19.2 Å². The lowest BCUT2D eigenvalue weighted by molar-refractivity contribution is -0.137. The van der Waals surface area contributed by atoms with Crippen LogP contribution in [0, 0.1) is 0 Å². The first kappa shape index (κ1) is 15.2. The normalized spacial score (nSPS) is 16.6. The van der Waals surface area contributed by atoms with Gasteiger partial charge < -0.3 is 10.1 Å². The van der Waals surface area contributed by atoms with Gasteiger partial charge in [-0.2, -0.15) is 13.2 Å². The van der Waals surface area contributed by atoms with Crippen molar-refractivity contribution in [1.29, 1.82) is 0 Å². The van der Waals surface area contributed by atoms with Crippen LogP contribution in [0.15, 0.2) is 24.3 Å². The van der Waals surface area contributed by atoms with E-state index in [1.54, 1.807) is 6.07 Å². The van der Waals surface area contributed by atoms with Gasteiger partial charge in [-0.05, 0) is 44.0 Å². The maximum Gasteiger partial charge on any atom is 0.416 e. The maximum atomic E-state index is 12.5. The summed E-state index contributed by atoms with van der Waals surface area (Å²) in [5.41, 5.74) is -0.668. The second kappa shape index (κ2) is 6.97. The number of halogens is 3. The summed E-state index contributed by atoms with van der Waals surface area (Å²) in [6, 6.07) is 5.64. The highest BCUT2D eigenvalue weighted by molar-refractivity contribution is 5.30. The van der Waals surface area contributed by atoms with Crippen LogP contribution in [-0.2, 0) is 6.18 Å². The van der Waals surface area contributed by atoms with Crippen LogP contribution in [0.1, 0.15) is 37.7 Å². The first-order valence-electron chi connectivity index (χ1n) is 7.09. The molecule has 1 aromatic carbocycles. The van der Waals surface area contributed by atoms with Gasteiger partial charge in [-0.3, -0.25) is 0 Å². The van der Waals surface area contributed by atoms with Gasteiger partial charge >= 0.3 is 6.18 Å². The van der Waals surface area contributed by atoms with Gasteiger partial charge in [-0.25, -0.2) is 0 Å². The zero-order valence-corrected chi connectivity index (χ0v) is 11.4. The first-order valence-corrected chi connectivity index (χ1v) is 7.09. The molecule has 112 valence electrons. The fourth-order valence-corrected chi connectivity index (χ4v) is 2.46. The molecule has 0 heterocycles. The molecule has 1 N–H and O–H groups in total. The summed E-state index contributed by atoms with van der Waals surface area (Å²) >= 11 is 0. The second-order valence-electron chi connectivity index (χ2n) is 5.16. The Morgan fingerprint density at radius 3 is 2.65 bits per heavy atom. The lowest BCUT2D eigenvalue weighted by Gasteiger charge is -2.12. The van der Waals surface area contributed by atoms with Crippen LogP contribution >= 0.6 is 0 Å². The van der Waals surface area contributed by atoms with E-state index in [0.29, 0.717) is 12.6 Å². The van der Waals surface area contributed by atoms with E-state index in [9.17, 15) is 13.2 Å². The molecule has 0 radical (unpaired) electrons. The van der Waals surface area contributed by atoms with E-state index in [1.165, 1.54) is 31.7 Å². The van der Waals surface area contributed by atoms with E-state index >= 15 is 0 Å². The number of benzene rings is 1. The second-order valence-corrected chi connectivity index (χ2v) is 5.16. The average molecular weight is 287 g/mol. The number of nitrogens with one attached hydrogen (secondary N) is 1. The molecule has 0 saturated heterocycles. The Bertz CT molecular complexity index is 414. The van der Waals surface area contributed by atoms with Crippen LogP contribution < -0.4 is 10.1 Å².